The molecule has 0 aliphatic rings. The first kappa shape index (κ1) is 16.8. The average Bonchev–Trinajstić information content (AvgIpc) is 2.90. The van der Waals surface area contributed by atoms with Gasteiger partial charge < -0.3 is 9.47 Å². The zero-order valence-corrected chi connectivity index (χ0v) is 14.8. The molecule has 0 atom stereocenters. The van der Waals surface area contributed by atoms with Gasteiger partial charge in [-0.3, -0.25) is 14.9 Å². The van der Waals surface area contributed by atoms with Crippen molar-refractivity contribution in [3.05, 3.63) is 62.9 Å². The van der Waals surface area contributed by atoms with E-state index in [1.165, 1.54) is 23.5 Å². The van der Waals surface area contributed by atoms with Crippen molar-refractivity contribution in [2.24, 2.45) is 12.0 Å². The van der Waals surface area contributed by atoms with Crippen LogP contribution in [-0.4, -0.2) is 29.5 Å². The molecule has 0 aliphatic carbocycles. The Labute approximate surface area is 147 Å². The Balaban J connectivity index is 2.01. The van der Waals surface area contributed by atoms with Gasteiger partial charge in [0.05, 0.1) is 15.1 Å². The summed E-state index contributed by atoms with van der Waals surface area (Å²) in [6, 6.07) is 11.8. The summed E-state index contributed by atoms with van der Waals surface area (Å²) in [6.07, 6.45) is 0. The highest BCUT2D eigenvalue weighted by atomic mass is 32.1. The van der Waals surface area contributed by atoms with E-state index in [-0.39, 0.29) is 11.6 Å². The van der Waals surface area contributed by atoms with E-state index >= 15 is 0 Å². The smallest absolute Gasteiger partial charge is 0.279 e. The fourth-order valence-electron chi connectivity index (χ4n) is 2.40. The molecule has 0 N–H and O–H groups in total. The number of anilines is 1. The third kappa shape index (κ3) is 3.29. The molecule has 2 aromatic carbocycles. The first-order chi connectivity index (χ1) is 11.9. The van der Waals surface area contributed by atoms with Crippen LogP contribution in [-0.2, 0) is 7.05 Å². The first-order valence-electron chi connectivity index (χ1n) is 7.47. The molecule has 0 unspecified atom stereocenters. The highest BCUT2D eigenvalue weighted by Gasteiger charge is 2.11. The lowest BCUT2D eigenvalue weighted by atomic mass is 10.2. The summed E-state index contributed by atoms with van der Waals surface area (Å²) in [7, 11) is 5.64. The van der Waals surface area contributed by atoms with Crippen molar-refractivity contribution >= 4 is 38.8 Å². The maximum Gasteiger partial charge on any atom is 0.279 e. The van der Waals surface area contributed by atoms with Crippen molar-refractivity contribution in [1.82, 2.24) is 4.57 Å². The van der Waals surface area contributed by atoms with E-state index in [2.05, 4.69) is 4.99 Å². The number of carbonyl (C=O) groups excluding carboxylic acids is 1. The van der Waals surface area contributed by atoms with Gasteiger partial charge in [0, 0.05) is 44.5 Å². The van der Waals surface area contributed by atoms with Gasteiger partial charge in [-0.15, -0.1) is 0 Å². The van der Waals surface area contributed by atoms with Crippen molar-refractivity contribution < 1.29 is 9.72 Å². The molecular formula is C17H16N4O3S. The van der Waals surface area contributed by atoms with Crippen LogP contribution in [0.1, 0.15) is 10.4 Å². The number of hydrogen-bond donors (Lipinski definition) is 0. The van der Waals surface area contributed by atoms with Crippen molar-refractivity contribution in [2.75, 3.05) is 19.0 Å². The normalized spacial score (nSPS) is 11.7. The number of nitro groups is 1. The Hall–Kier alpha value is -3.00. The van der Waals surface area contributed by atoms with Crippen molar-refractivity contribution in [2.45, 2.75) is 0 Å². The predicted octanol–water partition coefficient (Wildman–Crippen LogP) is 2.96. The van der Waals surface area contributed by atoms with E-state index in [1.807, 2.05) is 31.1 Å². The number of nitro benzene ring substituents is 1. The molecule has 1 amide bonds. The van der Waals surface area contributed by atoms with E-state index < -0.39 is 4.92 Å². The summed E-state index contributed by atoms with van der Waals surface area (Å²) in [6.45, 7) is 0. The zero-order chi connectivity index (χ0) is 18.1. The first-order valence-corrected chi connectivity index (χ1v) is 8.29. The van der Waals surface area contributed by atoms with E-state index in [4.69, 9.17) is 0 Å². The SMILES string of the molecule is CN(C)c1ccc(C(=O)N=c2sc3cc([N+](=O)[O-])ccc3n2C)cc1. The van der Waals surface area contributed by atoms with Gasteiger partial charge >= 0.3 is 0 Å². The second kappa shape index (κ2) is 6.48. The standard InChI is InChI=1S/C17H16N4O3S/c1-19(2)12-6-4-11(5-7-12)16(22)18-17-20(3)14-9-8-13(21(23)24)10-15(14)25-17/h4-10H,1-3H3. The molecule has 0 saturated carbocycles. The fourth-order valence-corrected chi connectivity index (χ4v) is 3.45. The molecule has 0 aliphatic heterocycles. The largest absolute Gasteiger partial charge is 0.378 e. The van der Waals surface area contributed by atoms with Crippen LogP contribution in [0, 0.1) is 10.1 Å². The summed E-state index contributed by atoms with van der Waals surface area (Å²) in [4.78, 5) is 29.5. The Kier molecular flexibility index (Phi) is 4.37. The molecule has 0 fully saturated rings. The van der Waals surface area contributed by atoms with Gasteiger partial charge in [-0.1, -0.05) is 11.3 Å². The maximum atomic E-state index is 12.4. The van der Waals surface area contributed by atoms with Gasteiger partial charge in [0.1, 0.15) is 0 Å². The number of hydrogen-bond acceptors (Lipinski definition) is 5. The number of aryl methyl sites for hydroxylation is 1. The van der Waals surface area contributed by atoms with Crippen LogP contribution in [0.3, 0.4) is 0 Å². The Bertz CT molecular complexity index is 1030. The topological polar surface area (TPSA) is 80.7 Å². The van der Waals surface area contributed by atoms with Gasteiger partial charge in [0.15, 0.2) is 4.80 Å². The molecule has 1 aromatic heterocycles. The summed E-state index contributed by atoms with van der Waals surface area (Å²) in [5, 5.41) is 10.9. The fraction of sp³-hybridized carbons (Fsp3) is 0.176. The minimum absolute atomic E-state index is 0.0199. The summed E-state index contributed by atoms with van der Waals surface area (Å²) in [5.41, 5.74) is 2.31. The Morgan fingerprint density at radius 2 is 1.88 bits per heavy atom. The number of non-ortho nitro benzene ring substituents is 1. The van der Waals surface area contributed by atoms with Crippen molar-refractivity contribution in [1.29, 1.82) is 0 Å². The van der Waals surface area contributed by atoms with Gasteiger partial charge in [0.25, 0.3) is 11.6 Å². The third-order valence-electron chi connectivity index (χ3n) is 3.83. The Morgan fingerprint density at radius 1 is 1.20 bits per heavy atom. The predicted molar refractivity (Wildman–Crippen MR) is 98.1 cm³/mol. The van der Waals surface area contributed by atoms with Gasteiger partial charge in [0.2, 0.25) is 0 Å². The van der Waals surface area contributed by atoms with Crippen molar-refractivity contribution in [3.63, 3.8) is 0 Å². The molecule has 0 saturated heterocycles. The quantitative estimate of drug-likeness (QED) is 0.534. The lowest BCUT2D eigenvalue weighted by Gasteiger charge is -2.11. The van der Waals surface area contributed by atoms with Crippen LogP contribution in [0.25, 0.3) is 10.2 Å². The van der Waals surface area contributed by atoms with Crippen LogP contribution in [0.15, 0.2) is 47.5 Å². The Morgan fingerprint density at radius 3 is 2.48 bits per heavy atom. The van der Waals surface area contributed by atoms with Crippen LogP contribution in [0.5, 0.6) is 0 Å². The molecule has 0 spiro atoms. The molecule has 1 heterocycles. The van der Waals surface area contributed by atoms with E-state index in [9.17, 15) is 14.9 Å². The maximum absolute atomic E-state index is 12.4. The monoisotopic (exact) mass is 356 g/mol. The molecular weight excluding hydrogens is 340 g/mol. The number of fused-ring (bicyclic) bond motifs is 1. The molecule has 0 bridgehead atoms. The minimum atomic E-state index is -0.437. The molecule has 7 nitrogen and oxygen atoms in total. The minimum Gasteiger partial charge on any atom is -0.378 e. The molecule has 25 heavy (non-hydrogen) atoms. The highest BCUT2D eigenvalue weighted by Crippen LogP contribution is 2.22. The lowest BCUT2D eigenvalue weighted by Crippen LogP contribution is -2.13. The van der Waals surface area contributed by atoms with Gasteiger partial charge in [-0.05, 0) is 30.3 Å². The summed E-state index contributed by atoms with van der Waals surface area (Å²) >= 11 is 1.25. The molecule has 0 radical (unpaired) electrons. The molecule has 8 heteroatoms. The average molecular weight is 356 g/mol. The number of aromatic nitrogens is 1. The third-order valence-corrected chi connectivity index (χ3v) is 4.93. The van der Waals surface area contributed by atoms with Gasteiger partial charge in [-0.2, -0.15) is 4.99 Å². The van der Waals surface area contributed by atoms with Crippen LogP contribution in [0.4, 0.5) is 11.4 Å². The number of amides is 1. The number of rotatable bonds is 3. The zero-order valence-electron chi connectivity index (χ0n) is 14.0. The number of nitrogens with zero attached hydrogens (tertiary/aromatic N) is 4. The van der Waals surface area contributed by atoms with Crippen molar-refractivity contribution in [3.8, 4) is 0 Å². The van der Waals surface area contributed by atoms with E-state index in [0.717, 1.165) is 11.2 Å². The van der Waals surface area contributed by atoms with E-state index in [1.54, 1.807) is 29.8 Å². The van der Waals surface area contributed by atoms with E-state index in [0.29, 0.717) is 15.1 Å². The number of thiazole rings is 1. The lowest BCUT2D eigenvalue weighted by molar-refractivity contribution is -0.384. The number of carbonyl (C=O) groups is 1. The number of benzene rings is 2. The molecule has 128 valence electrons. The van der Waals surface area contributed by atoms with Crippen LogP contribution >= 0.6 is 11.3 Å². The van der Waals surface area contributed by atoms with Crippen LogP contribution in [0.2, 0.25) is 0 Å². The molecule has 3 aromatic rings. The highest BCUT2D eigenvalue weighted by molar-refractivity contribution is 7.16. The van der Waals surface area contributed by atoms with Crippen LogP contribution < -0.4 is 9.70 Å². The molecule has 3 rings (SSSR count). The van der Waals surface area contributed by atoms with Gasteiger partial charge in [-0.25, -0.2) is 0 Å². The summed E-state index contributed by atoms with van der Waals surface area (Å²) < 4.78 is 2.47. The second-order valence-corrected chi connectivity index (χ2v) is 6.72. The second-order valence-electron chi connectivity index (χ2n) is 5.71. The summed E-state index contributed by atoms with van der Waals surface area (Å²) in [5.74, 6) is -0.345.